The number of amides is 1. The number of carbonyl (C=O) groups excluding carboxylic acids is 1. The minimum Gasteiger partial charge on any atom is -0.467 e. The van der Waals surface area contributed by atoms with E-state index >= 15 is 0 Å². The van der Waals surface area contributed by atoms with Crippen molar-refractivity contribution in [3.63, 3.8) is 0 Å². The molecule has 2 aromatic rings. The molecule has 5 heteroatoms. The van der Waals surface area contributed by atoms with Gasteiger partial charge in [-0.2, -0.15) is 5.10 Å². The summed E-state index contributed by atoms with van der Waals surface area (Å²) in [5.41, 5.74) is 2.17. The molecule has 1 fully saturated rings. The fourth-order valence-electron chi connectivity index (χ4n) is 3.89. The third-order valence-corrected chi connectivity index (χ3v) is 5.02. The summed E-state index contributed by atoms with van der Waals surface area (Å²) in [5, 5.41) is 6.34. The molecule has 0 spiro atoms. The van der Waals surface area contributed by atoms with Crippen LogP contribution in [-0.4, -0.2) is 16.6 Å². The number of carbonyl (C=O) groups is 1. The quantitative estimate of drug-likeness (QED) is 0.790. The summed E-state index contributed by atoms with van der Waals surface area (Å²) in [5.74, 6) is 1.74. The van der Waals surface area contributed by atoms with Crippen molar-refractivity contribution in [2.45, 2.75) is 45.1 Å². The summed E-state index contributed by atoms with van der Waals surface area (Å²) in [6.45, 7) is 1.56. The Kier molecular flexibility index (Phi) is 4.30. The first kappa shape index (κ1) is 15.9. The molecule has 2 aromatic heterocycles. The minimum absolute atomic E-state index is 0.0574. The number of rotatable bonds is 2. The third-order valence-electron chi connectivity index (χ3n) is 5.02. The van der Waals surface area contributed by atoms with Gasteiger partial charge in [0.1, 0.15) is 17.6 Å². The largest absolute Gasteiger partial charge is 0.467 e. The van der Waals surface area contributed by atoms with Crippen molar-refractivity contribution >= 4 is 17.7 Å². The Labute approximate surface area is 147 Å². The first-order chi connectivity index (χ1) is 12.2. The first-order valence-corrected chi connectivity index (χ1v) is 8.90. The fourth-order valence-corrected chi connectivity index (χ4v) is 3.89. The van der Waals surface area contributed by atoms with Gasteiger partial charge in [0.05, 0.1) is 18.2 Å². The average Bonchev–Trinajstić information content (AvgIpc) is 3.31. The molecule has 1 aliphatic heterocycles. The van der Waals surface area contributed by atoms with Crippen LogP contribution in [0.3, 0.4) is 0 Å². The van der Waals surface area contributed by atoms with Crippen LogP contribution < -0.4 is 0 Å². The van der Waals surface area contributed by atoms with Crippen molar-refractivity contribution in [3.8, 4) is 0 Å². The van der Waals surface area contributed by atoms with E-state index in [0.717, 1.165) is 42.9 Å². The maximum atomic E-state index is 12.2. The predicted octanol–water partition coefficient (Wildman–Crippen LogP) is 4.80. The minimum atomic E-state index is -0.152. The van der Waals surface area contributed by atoms with Crippen LogP contribution >= 0.6 is 0 Å². The normalized spacial score (nSPS) is 25.4. The molecular formula is C20H22N2O3. The van der Waals surface area contributed by atoms with Crippen molar-refractivity contribution in [1.82, 2.24) is 5.01 Å². The lowest BCUT2D eigenvalue weighted by Crippen LogP contribution is -2.29. The Hall–Kier alpha value is -2.56. The Morgan fingerprint density at radius 2 is 2.04 bits per heavy atom. The standard InChI is InChI=1S/C20H22N2O3/c1-14(23)22-20(18-10-6-12-25-18)17-9-4-2-3-7-15(19(17)21-22)13-16-8-5-11-24-16/h5-6,8,10-13,17,20H,2-4,7,9H2,1H3/b15-13+. The van der Waals surface area contributed by atoms with E-state index in [0.29, 0.717) is 0 Å². The SMILES string of the molecule is CC(=O)N1N=C2/C(=C/c3ccco3)CCCCCC2C1c1ccco1. The van der Waals surface area contributed by atoms with Gasteiger partial charge in [-0.05, 0) is 55.2 Å². The molecule has 0 aromatic carbocycles. The van der Waals surface area contributed by atoms with Crippen LogP contribution in [0.2, 0.25) is 0 Å². The molecule has 1 amide bonds. The van der Waals surface area contributed by atoms with Gasteiger partial charge in [0, 0.05) is 12.8 Å². The summed E-state index contributed by atoms with van der Waals surface area (Å²) >= 11 is 0. The number of hydrazone groups is 1. The van der Waals surface area contributed by atoms with Crippen LogP contribution in [0.25, 0.3) is 6.08 Å². The van der Waals surface area contributed by atoms with Gasteiger partial charge in [-0.25, -0.2) is 5.01 Å². The van der Waals surface area contributed by atoms with Gasteiger partial charge < -0.3 is 8.83 Å². The third kappa shape index (κ3) is 3.06. The monoisotopic (exact) mass is 338 g/mol. The molecule has 25 heavy (non-hydrogen) atoms. The second kappa shape index (κ2) is 6.75. The maximum Gasteiger partial charge on any atom is 0.240 e. The highest BCUT2D eigenvalue weighted by Crippen LogP contribution is 2.42. The highest BCUT2D eigenvalue weighted by molar-refractivity contribution is 6.07. The second-order valence-electron chi connectivity index (χ2n) is 6.70. The van der Waals surface area contributed by atoms with Crippen LogP contribution in [-0.2, 0) is 4.79 Å². The molecule has 0 saturated heterocycles. The predicted molar refractivity (Wildman–Crippen MR) is 94.7 cm³/mol. The number of hydrogen-bond donors (Lipinski definition) is 0. The summed E-state index contributed by atoms with van der Waals surface area (Å²) < 4.78 is 11.2. The topological polar surface area (TPSA) is 59.0 Å². The summed E-state index contributed by atoms with van der Waals surface area (Å²) in [6.07, 6.45) is 10.8. The molecule has 4 rings (SSSR count). The summed E-state index contributed by atoms with van der Waals surface area (Å²) in [6, 6.07) is 7.49. The van der Waals surface area contributed by atoms with Crippen molar-refractivity contribution in [3.05, 3.63) is 53.9 Å². The summed E-state index contributed by atoms with van der Waals surface area (Å²) in [7, 11) is 0. The molecule has 0 bridgehead atoms. The number of allylic oxidation sites excluding steroid dienone is 1. The lowest BCUT2D eigenvalue weighted by atomic mass is 9.81. The molecule has 1 saturated carbocycles. The molecule has 3 heterocycles. The zero-order valence-electron chi connectivity index (χ0n) is 14.4. The lowest BCUT2D eigenvalue weighted by Gasteiger charge is -2.25. The Bertz CT molecular complexity index is 787. The van der Waals surface area contributed by atoms with E-state index in [1.165, 1.54) is 12.0 Å². The van der Waals surface area contributed by atoms with E-state index in [-0.39, 0.29) is 17.9 Å². The molecule has 2 atom stereocenters. The first-order valence-electron chi connectivity index (χ1n) is 8.90. The van der Waals surface area contributed by atoms with Gasteiger partial charge >= 0.3 is 0 Å². The second-order valence-corrected chi connectivity index (χ2v) is 6.70. The molecular weight excluding hydrogens is 316 g/mol. The van der Waals surface area contributed by atoms with Crippen molar-refractivity contribution in [2.24, 2.45) is 11.0 Å². The lowest BCUT2D eigenvalue weighted by molar-refractivity contribution is -0.131. The van der Waals surface area contributed by atoms with Crippen LogP contribution in [0.4, 0.5) is 0 Å². The molecule has 5 nitrogen and oxygen atoms in total. The zero-order valence-corrected chi connectivity index (χ0v) is 14.4. The van der Waals surface area contributed by atoms with E-state index in [1.807, 2.05) is 24.3 Å². The van der Waals surface area contributed by atoms with Gasteiger partial charge in [-0.3, -0.25) is 4.79 Å². The van der Waals surface area contributed by atoms with Crippen molar-refractivity contribution in [2.75, 3.05) is 0 Å². The van der Waals surface area contributed by atoms with Gasteiger partial charge in [0.15, 0.2) is 0 Å². The molecule has 1 aliphatic carbocycles. The Morgan fingerprint density at radius 1 is 1.20 bits per heavy atom. The number of fused-ring (bicyclic) bond motifs is 1. The molecule has 0 N–H and O–H groups in total. The van der Waals surface area contributed by atoms with Crippen LogP contribution in [0.15, 0.2) is 56.3 Å². The van der Waals surface area contributed by atoms with E-state index in [4.69, 9.17) is 13.9 Å². The van der Waals surface area contributed by atoms with Crippen LogP contribution in [0.5, 0.6) is 0 Å². The van der Waals surface area contributed by atoms with Gasteiger partial charge in [0.25, 0.3) is 0 Å². The van der Waals surface area contributed by atoms with E-state index in [1.54, 1.807) is 24.5 Å². The Morgan fingerprint density at radius 3 is 2.76 bits per heavy atom. The number of nitrogens with zero attached hydrogens (tertiary/aromatic N) is 2. The number of furan rings is 2. The van der Waals surface area contributed by atoms with Crippen molar-refractivity contribution in [1.29, 1.82) is 0 Å². The fraction of sp³-hybridized carbons (Fsp3) is 0.400. The van der Waals surface area contributed by atoms with Crippen LogP contribution in [0, 0.1) is 5.92 Å². The molecule has 0 radical (unpaired) electrons. The van der Waals surface area contributed by atoms with Crippen molar-refractivity contribution < 1.29 is 13.6 Å². The molecule has 130 valence electrons. The van der Waals surface area contributed by atoms with Crippen LogP contribution in [0.1, 0.15) is 56.6 Å². The summed E-state index contributed by atoms with van der Waals surface area (Å²) in [4.78, 5) is 12.2. The molecule has 2 unspecified atom stereocenters. The number of hydrogen-bond acceptors (Lipinski definition) is 4. The van der Waals surface area contributed by atoms with Gasteiger partial charge in [-0.1, -0.05) is 12.8 Å². The van der Waals surface area contributed by atoms with Gasteiger partial charge in [0.2, 0.25) is 5.91 Å². The Balaban J connectivity index is 1.77. The van der Waals surface area contributed by atoms with E-state index in [9.17, 15) is 4.79 Å². The highest BCUT2D eigenvalue weighted by Gasteiger charge is 2.42. The zero-order chi connectivity index (χ0) is 17.2. The van der Waals surface area contributed by atoms with E-state index < -0.39 is 0 Å². The highest BCUT2D eigenvalue weighted by atomic mass is 16.3. The van der Waals surface area contributed by atoms with E-state index in [2.05, 4.69) is 6.08 Å². The smallest absolute Gasteiger partial charge is 0.240 e. The average molecular weight is 338 g/mol. The molecule has 2 aliphatic rings. The van der Waals surface area contributed by atoms with Gasteiger partial charge in [-0.15, -0.1) is 0 Å². The maximum absolute atomic E-state index is 12.2.